The van der Waals surface area contributed by atoms with Crippen LogP contribution < -0.4 is 5.32 Å². The lowest BCUT2D eigenvalue weighted by atomic mass is 9.87. The number of rotatable bonds is 4. The zero-order valence-electron chi connectivity index (χ0n) is 17.1. The van der Waals surface area contributed by atoms with E-state index in [0.717, 1.165) is 29.7 Å². The molecule has 0 unspecified atom stereocenters. The zero-order valence-corrected chi connectivity index (χ0v) is 17.1. The third-order valence-electron chi connectivity index (χ3n) is 5.74. The van der Waals surface area contributed by atoms with E-state index in [1.807, 2.05) is 18.3 Å². The first-order chi connectivity index (χ1) is 13.8. The molecule has 3 aromatic rings. The fourth-order valence-corrected chi connectivity index (χ4v) is 4.01. The molecule has 1 saturated carbocycles. The van der Waals surface area contributed by atoms with E-state index in [2.05, 4.69) is 26.9 Å². The van der Waals surface area contributed by atoms with E-state index < -0.39 is 5.60 Å². The minimum atomic E-state index is -1.13. The van der Waals surface area contributed by atoms with Gasteiger partial charge in [0.1, 0.15) is 12.0 Å². The Morgan fingerprint density at radius 1 is 1.24 bits per heavy atom. The van der Waals surface area contributed by atoms with Gasteiger partial charge in [0.05, 0.1) is 17.2 Å². The van der Waals surface area contributed by atoms with Crippen LogP contribution in [0.1, 0.15) is 68.5 Å². The maximum atomic E-state index is 12.6. The smallest absolute Gasteiger partial charge is 0.274 e. The number of nitrogens with one attached hydrogen (secondary N) is 1. The van der Waals surface area contributed by atoms with Crippen LogP contribution >= 0.6 is 0 Å². The van der Waals surface area contributed by atoms with Gasteiger partial charge in [-0.25, -0.2) is 9.97 Å². The summed E-state index contributed by atoms with van der Waals surface area (Å²) >= 11 is 0. The highest BCUT2D eigenvalue weighted by Crippen LogP contribution is 2.35. The second kappa shape index (κ2) is 7.55. The SMILES string of the molecule is CC1CCC(n2cc3cc(NC(=O)c4ccncn4)c(C(C)(C)O)cc3n2)CC1. The lowest BCUT2D eigenvalue weighted by Gasteiger charge is -2.26. The van der Waals surface area contributed by atoms with Gasteiger partial charge in [-0.15, -0.1) is 0 Å². The molecule has 1 amide bonds. The van der Waals surface area contributed by atoms with Crippen LogP contribution in [-0.2, 0) is 5.60 Å². The van der Waals surface area contributed by atoms with Crippen LogP contribution in [0, 0.1) is 5.92 Å². The van der Waals surface area contributed by atoms with Crippen molar-refractivity contribution in [3.8, 4) is 0 Å². The van der Waals surface area contributed by atoms with Gasteiger partial charge in [0, 0.05) is 29.0 Å². The molecule has 0 aliphatic heterocycles. The minimum Gasteiger partial charge on any atom is -0.386 e. The Labute approximate surface area is 170 Å². The highest BCUT2D eigenvalue weighted by Gasteiger charge is 2.25. The number of benzene rings is 1. The van der Waals surface area contributed by atoms with E-state index in [1.165, 1.54) is 25.4 Å². The fourth-order valence-electron chi connectivity index (χ4n) is 4.01. The quantitative estimate of drug-likeness (QED) is 0.697. The van der Waals surface area contributed by atoms with Crippen molar-refractivity contribution in [2.45, 2.75) is 58.1 Å². The molecule has 7 nitrogen and oxygen atoms in total. The Morgan fingerprint density at radius 2 is 2.00 bits per heavy atom. The summed E-state index contributed by atoms with van der Waals surface area (Å²) in [6.45, 7) is 5.71. The molecular weight excluding hydrogens is 366 g/mol. The van der Waals surface area contributed by atoms with Gasteiger partial charge in [0.25, 0.3) is 5.91 Å². The van der Waals surface area contributed by atoms with Crippen molar-refractivity contribution in [2.24, 2.45) is 5.92 Å². The van der Waals surface area contributed by atoms with E-state index in [4.69, 9.17) is 5.10 Å². The molecule has 7 heteroatoms. The van der Waals surface area contributed by atoms with Crippen molar-refractivity contribution in [1.29, 1.82) is 0 Å². The van der Waals surface area contributed by atoms with Crippen molar-refractivity contribution in [3.63, 3.8) is 0 Å². The lowest BCUT2D eigenvalue weighted by Crippen LogP contribution is -2.21. The normalized spacial score (nSPS) is 20.0. The van der Waals surface area contributed by atoms with E-state index in [-0.39, 0.29) is 11.6 Å². The average Bonchev–Trinajstić information content (AvgIpc) is 3.11. The largest absolute Gasteiger partial charge is 0.386 e. The number of anilines is 1. The summed E-state index contributed by atoms with van der Waals surface area (Å²) in [5.74, 6) is 0.438. The predicted molar refractivity (Wildman–Crippen MR) is 112 cm³/mol. The van der Waals surface area contributed by atoms with Crippen molar-refractivity contribution < 1.29 is 9.90 Å². The molecule has 1 fully saturated rings. The molecule has 1 aromatic carbocycles. The third-order valence-corrected chi connectivity index (χ3v) is 5.74. The van der Waals surface area contributed by atoms with Crippen molar-refractivity contribution in [1.82, 2.24) is 19.7 Å². The summed E-state index contributed by atoms with van der Waals surface area (Å²) < 4.78 is 2.06. The number of aromatic nitrogens is 4. The number of hydrogen-bond acceptors (Lipinski definition) is 5. The minimum absolute atomic E-state index is 0.272. The summed E-state index contributed by atoms with van der Waals surface area (Å²) in [6, 6.07) is 5.71. The molecule has 0 saturated heterocycles. The standard InChI is InChI=1S/C22H27N5O2/c1-14-4-6-16(7-5-14)27-12-15-10-20(17(22(2,3)29)11-19(15)26-27)25-21(28)18-8-9-23-13-24-18/h8-14,16,29H,4-7H2,1-3H3,(H,25,28). The Balaban J connectivity index is 1.69. The van der Waals surface area contributed by atoms with Crippen molar-refractivity contribution in [2.75, 3.05) is 5.32 Å². The summed E-state index contributed by atoms with van der Waals surface area (Å²) in [6.07, 6.45) is 9.60. The number of amides is 1. The Kier molecular flexibility index (Phi) is 5.08. The summed E-state index contributed by atoms with van der Waals surface area (Å²) in [5, 5.41) is 19.3. The van der Waals surface area contributed by atoms with Crippen LogP contribution in [-0.4, -0.2) is 30.8 Å². The monoisotopic (exact) mass is 393 g/mol. The average molecular weight is 393 g/mol. The van der Waals surface area contributed by atoms with E-state index in [9.17, 15) is 9.90 Å². The van der Waals surface area contributed by atoms with Gasteiger partial charge >= 0.3 is 0 Å². The van der Waals surface area contributed by atoms with Crippen LogP contribution in [0.3, 0.4) is 0 Å². The summed E-state index contributed by atoms with van der Waals surface area (Å²) in [5.41, 5.74) is 1.14. The Morgan fingerprint density at radius 3 is 2.66 bits per heavy atom. The molecule has 1 aliphatic rings. The van der Waals surface area contributed by atoms with Gasteiger partial charge in [-0.1, -0.05) is 6.92 Å². The predicted octanol–water partition coefficient (Wildman–Crippen LogP) is 4.06. The molecule has 0 spiro atoms. The maximum Gasteiger partial charge on any atom is 0.274 e. The van der Waals surface area contributed by atoms with E-state index in [1.54, 1.807) is 19.9 Å². The molecule has 1 aliphatic carbocycles. The number of nitrogens with zero attached hydrogens (tertiary/aromatic N) is 4. The van der Waals surface area contributed by atoms with Gasteiger partial charge in [0.2, 0.25) is 0 Å². The van der Waals surface area contributed by atoms with E-state index in [0.29, 0.717) is 17.3 Å². The molecule has 0 atom stereocenters. The topological polar surface area (TPSA) is 92.9 Å². The Bertz CT molecular complexity index is 1010. The zero-order chi connectivity index (χ0) is 20.6. The molecule has 0 radical (unpaired) electrons. The fraction of sp³-hybridized carbons (Fsp3) is 0.455. The van der Waals surface area contributed by atoms with Gasteiger partial charge in [-0.3, -0.25) is 9.48 Å². The van der Waals surface area contributed by atoms with Crippen LogP contribution in [0.15, 0.2) is 36.9 Å². The second-order valence-corrected chi connectivity index (χ2v) is 8.59. The number of aliphatic hydroxyl groups is 1. The molecule has 29 heavy (non-hydrogen) atoms. The first-order valence-corrected chi connectivity index (χ1v) is 10.1. The summed E-state index contributed by atoms with van der Waals surface area (Å²) in [7, 11) is 0. The Hall–Kier alpha value is -2.80. The van der Waals surface area contributed by atoms with E-state index >= 15 is 0 Å². The number of carbonyl (C=O) groups is 1. The van der Waals surface area contributed by atoms with Crippen LogP contribution in [0.2, 0.25) is 0 Å². The first-order valence-electron chi connectivity index (χ1n) is 10.1. The molecular formula is C22H27N5O2. The molecule has 4 rings (SSSR count). The maximum absolute atomic E-state index is 12.6. The second-order valence-electron chi connectivity index (χ2n) is 8.59. The molecule has 152 valence electrons. The molecule has 2 heterocycles. The molecule has 0 bridgehead atoms. The van der Waals surface area contributed by atoms with Gasteiger partial charge in [0.15, 0.2) is 0 Å². The third kappa shape index (κ3) is 4.15. The number of carbonyl (C=O) groups excluding carboxylic acids is 1. The van der Waals surface area contributed by atoms with Crippen LogP contribution in [0.5, 0.6) is 0 Å². The highest BCUT2D eigenvalue weighted by atomic mass is 16.3. The number of fused-ring (bicyclic) bond motifs is 1. The van der Waals surface area contributed by atoms with Crippen LogP contribution in [0.4, 0.5) is 5.69 Å². The summed E-state index contributed by atoms with van der Waals surface area (Å²) in [4.78, 5) is 20.4. The first kappa shape index (κ1) is 19.5. The van der Waals surface area contributed by atoms with Crippen LogP contribution in [0.25, 0.3) is 10.9 Å². The van der Waals surface area contributed by atoms with Gasteiger partial charge < -0.3 is 10.4 Å². The lowest BCUT2D eigenvalue weighted by molar-refractivity contribution is 0.0793. The van der Waals surface area contributed by atoms with Crippen molar-refractivity contribution >= 4 is 22.5 Å². The van der Waals surface area contributed by atoms with Gasteiger partial charge in [-0.05, 0) is 63.6 Å². The van der Waals surface area contributed by atoms with Crippen molar-refractivity contribution in [3.05, 3.63) is 48.2 Å². The highest BCUT2D eigenvalue weighted by molar-refractivity contribution is 6.04. The molecule has 2 N–H and O–H groups in total. The van der Waals surface area contributed by atoms with Gasteiger partial charge in [-0.2, -0.15) is 5.10 Å². The number of hydrogen-bond donors (Lipinski definition) is 2. The molecule has 2 aromatic heterocycles.